The van der Waals surface area contributed by atoms with Crippen molar-refractivity contribution in [2.24, 2.45) is 0 Å². The van der Waals surface area contributed by atoms with E-state index in [0.29, 0.717) is 5.75 Å². The third kappa shape index (κ3) is 3.68. The highest BCUT2D eigenvalue weighted by Gasteiger charge is 2.25. The normalized spacial score (nSPS) is 11.0. The summed E-state index contributed by atoms with van der Waals surface area (Å²) in [7, 11) is -1.44. The summed E-state index contributed by atoms with van der Waals surface area (Å²) >= 11 is 0. The maximum Gasteiger partial charge on any atom is 0.343 e. The number of aryl methyl sites for hydroxylation is 1. The number of ether oxygens (including phenoxy) is 2. The number of carbonyl (C=O) groups excluding carboxylic acids is 1. The molecule has 0 saturated heterocycles. The van der Waals surface area contributed by atoms with Gasteiger partial charge in [0.15, 0.2) is 16.4 Å². The van der Waals surface area contributed by atoms with Gasteiger partial charge in [-0.3, -0.25) is 4.79 Å². The Kier molecular flexibility index (Phi) is 5.14. The summed E-state index contributed by atoms with van der Waals surface area (Å²) in [4.78, 5) is 11.5. The molecule has 0 aliphatic carbocycles. The Morgan fingerprint density at radius 1 is 0.958 bits per heavy atom. The van der Waals surface area contributed by atoms with Crippen molar-refractivity contribution in [1.29, 1.82) is 0 Å². The average molecular weight is 350 g/mol. The lowest BCUT2D eigenvalue weighted by atomic mass is 10.1. The predicted molar refractivity (Wildman–Crippen MR) is 88.5 cm³/mol. The van der Waals surface area contributed by atoms with Crippen molar-refractivity contribution in [2.45, 2.75) is 18.7 Å². The molecule has 0 saturated carbocycles. The Morgan fingerprint density at radius 3 is 2.25 bits per heavy atom. The third-order valence-corrected chi connectivity index (χ3v) is 4.61. The summed E-state index contributed by atoms with van der Waals surface area (Å²) in [6.07, 6.45) is 0. The number of hydrogen-bond acceptors (Lipinski definition) is 6. The van der Waals surface area contributed by atoms with E-state index < -0.39 is 10.1 Å². The van der Waals surface area contributed by atoms with E-state index in [1.807, 2.05) is 0 Å². The monoisotopic (exact) mass is 350 g/mol. The first kappa shape index (κ1) is 17.8. The molecule has 0 amide bonds. The summed E-state index contributed by atoms with van der Waals surface area (Å²) in [5, 5.41) is 0. The Balaban J connectivity index is 2.54. The molecule has 0 unspecified atom stereocenters. The molecule has 6 nitrogen and oxygen atoms in total. The van der Waals surface area contributed by atoms with Gasteiger partial charge in [0.05, 0.1) is 19.8 Å². The van der Waals surface area contributed by atoms with Gasteiger partial charge in [0.2, 0.25) is 0 Å². The molecule has 0 radical (unpaired) electrons. The number of hydrogen-bond donors (Lipinski definition) is 0. The number of benzene rings is 2. The lowest BCUT2D eigenvalue weighted by Gasteiger charge is -2.14. The standard InChI is InChI=1S/C17H18O6S/c1-11-5-7-14(12(2)18)16(9-11)23-24(19,20)17-10-13(21-3)6-8-15(17)22-4/h5-10H,1-4H3. The van der Waals surface area contributed by atoms with Gasteiger partial charge in [0.1, 0.15) is 11.5 Å². The van der Waals surface area contributed by atoms with E-state index >= 15 is 0 Å². The van der Waals surface area contributed by atoms with Crippen LogP contribution in [0.1, 0.15) is 22.8 Å². The molecule has 0 aliphatic rings. The zero-order valence-corrected chi connectivity index (χ0v) is 14.6. The van der Waals surface area contributed by atoms with Crippen LogP contribution in [0.4, 0.5) is 0 Å². The van der Waals surface area contributed by atoms with Crippen LogP contribution in [0.25, 0.3) is 0 Å². The number of Topliss-reactive ketones (excluding diaryl/α,β-unsaturated/α-hetero) is 1. The van der Waals surface area contributed by atoms with Gasteiger partial charge < -0.3 is 13.7 Å². The van der Waals surface area contributed by atoms with E-state index in [0.717, 1.165) is 5.56 Å². The quantitative estimate of drug-likeness (QED) is 0.589. The van der Waals surface area contributed by atoms with Crippen LogP contribution in [-0.2, 0) is 10.1 Å². The summed E-state index contributed by atoms with van der Waals surface area (Å²) in [6, 6.07) is 9.09. The topological polar surface area (TPSA) is 78.9 Å². The lowest BCUT2D eigenvalue weighted by Crippen LogP contribution is -2.13. The second-order valence-corrected chi connectivity index (χ2v) is 6.62. The molecule has 24 heavy (non-hydrogen) atoms. The summed E-state index contributed by atoms with van der Waals surface area (Å²) in [5.41, 5.74) is 0.953. The molecular weight excluding hydrogens is 332 g/mol. The van der Waals surface area contributed by atoms with Crippen molar-refractivity contribution >= 4 is 15.9 Å². The van der Waals surface area contributed by atoms with E-state index in [-0.39, 0.29) is 27.7 Å². The molecule has 2 rings (SSSR count). The third-order valence-electron chi connectivity index (χ3n) is 3.36. The SMILES string of the molecule is COc1ccc(OC)c(S(=O)(=O)Oc2cc(C)ccc2C(C)=O)c1. The van der Waals surface area contributed by atoms with Crippen LogP contribution in [0.2, 0.25) is 0 Å². The first-order chi connectivity index (χ1) is 11.3. The van der Waals surface area contributed by atoms with Crippen molar-refractivity contribution in [1.82, 2.24) is 0 Å². The molecule has 128 valence electrons. The maximum atomic E-state index is 12.7. The van der Waals surface area contributed by atoms with Crippen molar-refractivity contribution in [3.05, 3.63) is 47.5 Å². The van der Waals surface area contributed by atoms with Crippen LogP contribution in [-0.4, -0.2) is 28.4 Å². The van der Waals surface area contributed by atoms with Crippen LogP contribution < -0.4 is 13.7 Å². The van der Waals surface area contributed by atoms with Gasteiger partial charge in [-0.15, -0.1) is 0 Å². The molecule has 0 fully saturated rings. The van der Waals surface area contributed by atoms with E-state index in [1.54, 1.807) is 19.1 Å². The van der Waals surface area contributed by atoms with Crippen LogP contribution in [0.3, 0.4) is 0 Å². The summed E-state index contributed by atoms with van der Waals surface area (Å²) in [6.45, 7) is 3.12. The van der Waals surface area contributed by atoms with Gasteiger partial charge in [0, 0.05) is 6.07 Å². The number of methoxy groups -OCH3 is 2. The molecule has 2 aromatic rings. The zero-order valence-electron chi connectivity index (χ0n) is 13.8. The first-order valence-electron chi connectivity index (χ1n) is 7.06. The van der Waals surface area contributed by atoms with E-state index in [2.05, 4.69) is 0 Å². The van der Waals surface area contributed by atoms with Gasteiger partial charge in [0.25, 0.3) is 0 Å². The van der Waals surface area contributed by atoms with E-state index in [4.69, 9.17) is 13.7 Å². The minimum Gasteiger partial charge on any atom is -0.497 e. The summed E-state index contributed by atoms with van der Waals surface area (Å²) < 4.78 is 40.7. The molecule has 0 spiro atoms. The van der Waals surface area contributed by atoms with Crippen molar-refractivity contribution < 1.29 is 26.9 Å². The largest absolute Gasteiger partial charge is 0.497 e. The smallest absolute Gasteiger partial charge is 0.343 e. The fraction of sp³-hybridized carbons (Fsp3) is 0.235. The molecule has 0 atom stereocenters. The zero-order chi connectivity index (χ0) is 17.9. The maximum absolute atomic E-state index is 12.7. The van der Waals surface area contributed by atoms with Crippen molar-refractivity contribution in [3.63, 3.8) is 0 Å². The molecule has 7 heteroatoms. The van der Waals surface area contributed by atoms with Gasteiger partial charge in [-0.2, -0.15) is 8.42 Å². The Bertz CT molecular complexity index is 871. The number of rotatable bonds is 6. The molecule has 0 bridgehead atoms. The van der Waals surface area contributed by atoms with E-state index in [1.165, 1.54) is 45.4 Å². The van der Waals surface area contributed by atoms with Crippen LogP contribution in [0.15, 0.2) is 41.3 Å². The minimum atomic E-state index is -4.22. The molecular formula is C17H18O6S. The minimum absolute atomic E-state index is 0.0210. The van der Waals surface area contributed by atoms with Crippen LogP contribution >= 0.6 is 0 Å². The van der Waals surface area contributed by atoms with Crippen LogP contribution in [0, 0.1) is 6.92 Å². The highest BCUT2D eigenvalue weighted by Crippen LogP contribution is 2.32. The van der Waals surface area contributed by atoms with Gasteiger partial charge in [-0.1, -0.05) is 6.07 Å². The molecule has 0 aromatic heterocycles. The number of carbonyl (C=O) groups is 1. The fourth-order valence-corrected chi connectivity index (χ4v) is 3.25. The Morgan fingerprint density at radius 2 is 1.67 bits per heavy atom. The Labute approximate surface area is 141 Å². The van der Waals surface area contributed by atoms with Gasteiger partial charge in [-0.05, 0) is 43.7 Å². The van der Waals surface area contributed by atoms with Crippen LogP contribution in [0.5, 0.6) is 17.2 Å². The second kappa shape index (κ2) is 6.92. The van der Waals surface area contributed by atoms with Crippen molar-refractivity contribution in [2.75, 3.05) is 14.2 Å². The number of ketones is 1. The summed E-state index contributed by atoms with van der Waals surface area (Å²) in [5.74, 6) is 0.145. The van der Waals surface area contributed by atoms with Gasteiger partial charge in [-0.25, -0.2) is 0 Å². The molecule has 0 aliphatic heterocycles. The molecule has 0 heterocycles. The second-order valence-electron chi connectivity index (χ2n) is 5.11. The fourth-order valence-electron chi connectivity index (χ4n) is 2.13. The van der Waals surface area contributed by atoms with E-state index in [9.17, 15) is 13.2 Å². The molecule has 2 aromatic carbocycles. The lowest BCUT2D eigenvalue weighted by molar-refractivity contribution is 0.101. The molecule has 0 N–H and O–H groups in total. The highest BCUT2D eigenvalue weighted by atomic mass is 32.2. The van der Waals surface area contributed by atoms with Crippen molar-refractivity contribution in [3.8, 4) is 17.2 Å². The van der Waals surface area contributed by atoms with Gasteiger partial charge >= 0.3 is 10.1 Å². The highest BCUT2D eigenvalue weighted by molar-refractivity contribution is 7.87. The first-order valence-corrected chi connectivity index (χ1v) is 8.47. The predicted octanol–water partition coefficient (Wildman–Crippen LogP) is 2.98. The Hall–Kier alpha value is -2.54. The average Bonchev–Trinajstić information content (AvgIpc) is 2.53.